The summed E-state index contributed by atoms with van der Waals surface area (Å²) >= 11 is 0. The lowest BCUT2D eigenvalue weighted by Crippen LogP contribution is -2.32. The number of hydrogen-bond acceptors (Lipinski definition) is 5. The van der Waals surface area contributed by atoms with E-state index < -0.39 is 70.5 Å². The molecular weight excluding hydrogens is 574 g/mol. The molecule has 3 aromatic carbocycles. The Morgan fingerprint density at radius 2 is 1.41 bits per heavy atom. The number of aliphatic hydroxyl groups excluding tert-OH is 1. The molecular formula is C29H28F6O5S. The van der Waals surface area contributed by atoms with Gasteiger partial charge in [-0.15, -0.1) is 0 Å². The van der Waals surface area contributed by atoms with Crippen LogP contribution in [0.5, 0.6) is 0 Å². The standard InChI is InChI=1S/C29H28F6O5S/c1-18-9-11-25(12-10-18)41(37,38)39-17-26(27(19(2)16-36)21-7-5-4-6-8-21)40-20(3)22-13-23(28(30,31)32)15-24(14-22)29(33,34)35/h4-15,20,26-27,36H,2,16-17H2,1,3H3/t20-,26+,27-/m1/s1. The van der Waals surface area contributed by atoms with Crippen LogP contribution in [0.15, 0.2) is 89.8 Å². The fraction of sp³-hybridized carbons (Fsp3) is 0.310. The lowest BCUT2D eigenvalue weighted by molar-refractivity contribution is -0.143. The monoisotopic (exact) mass is 602 g/mol. The lowest BCUT2D eigenvalue weighted by atomic mass is 9.87. The zero-order valence-electron chi connectivity index (χ0n) is 22.0. The normalized spacial score (nSPS) is 14.9. The lowest BCUT2D eigenvalue weighted by Gasteiger charge is -2.31. The summed E-state index contributed by atoms with van der Waals surface area (Å²) in [6.07, 6.45) is -12.8. The molecule has 0 radical (unpaired) electrons. The molecule has 0 aliphatic carbocycles. The number of aryl methyl sites for hydroxylation is 1. The number of halogens is 6. The van der Waals surface area contributed by atoms with Gasteiger partial charge in [-0.1, -0.05) is 54.6 Å². The number of ether oxygens (including phenoxy) is 1. The van der Waals surface area contributed by atoms with E-state index in [1.807, 2.05) is 0 Å². The van der Waals surface area contributed by atoms with Gasteiger partial charge in [0.05, 0.1) is 41.4 Å². The largest absolute Gasteiger partial charge is 0.416 e. The second-order valence-corrected chi connectivity index (χ2v) is 11.0. The van der Waals surface area contributed by atoms with Crippen molar-refractivity contribution in [1.29, 1.82) is 0 Å². The van der Waals surface area contributed by atoms with Crippen LogP contribution in [-0.2, 0) is 31.4 Å². The molecule has 0 aromatic heterocycles. The van der Waals surface area contributed by atoms with E-state index in [0.29, 0.717) is 17.7 Å². The maximum absolute atomic E-state index is 13.5. The summed E-state index contributed by atoms with van der Waals surface area (Å²) in [4.78, 5) is -0.167. The van der Waals surface area contributed by atoms with Crippen molar-refractivity contribution in [1.82, 2.24) is 0 Å². The highest BCUT2D eigenvalue weighted by atomic mass is 32.2. The molecule has 0 aliphatic rings. The van der Waals surface area contributed by atoms with E-state index in [4.69, 9.17) is 8.92 Å². The summed E-state index contributed by atoms with van der Waals surface area (Å²) in [5.74, 6) is -0.940. The molecule has 0 saturated heterocycles. The van der Waals surface area contributed by atoms with E-state index in [1.165, 1.54) is 19.1 Å². The fourth-order valence-electron chi connectivity index (χ4n) is 4.17. The molecule has 0 fully saturated rings. The smallest absolute Gasteiger partial charge is 0.392 e. The summed E-state index contributed by atoms with van der Waals surface area (Å²) in [6, 6.07) is 15.1. The Balaban J connectivity index is 2.04. The van der Waals surface area contributed by atoms with Crippen LogP contribution in [0.1, 0.15) is 46.8 Å². The SMILES string of the molecule is C=C(CO)[C@H](c1ccccc1)[C@H](COS(=O)(=O)c1ccc(C)cc1)O[C@H](C)c1cc(C(F)(F)F)cc(C(F)(F)F)c1. The molecule has 3 aromatic rings. The highest BCUT2D eigenvalue weighted by Gasteiger charge is 2.38. The van der Waals surface area contributed by atoms with Crippen LogP contribution in [-0.4, -0.2) is 32.8 Å². The summed E-state index contributed by atoms with van der Waals surface area (Å²) in [6.45, 7) is 5.56. The van der Waals surface area contributed by atoms with Gasteiger partial charge >= 0.3 is 12.4 Å². The minimum atomic E-state index is -5.07. The van der Waals surface area contributed by atoms with Crippen molar-refractivity contribution in [2.75, 3.05) is 13.2 Å². The van der Waals surface area contributed by atoms with Gasteiger partial charge in [0.15, 0.2) is 0 Å². The average Bonchev–Trinajstić information content (AvgIpc) is 2.91. The third-order valence-electron chi connectivity index (χ3n) is 6.33. The molecule has 5 nitrogen and oxygen atoms in total. The minimum Gasteiger partial charge on any atom is -0.392 e. The van der Waals surface area contributed by atoms with Crippen molar-refractivity contribution < 1.29 is 48.8 Å². The van der Waals surface area contributed by atoms with Crippen molar-refractivity contribution in [3.63, 3.8) is 0 Å². The molecule has 0 aliphatic heterocycles. The van der Waals surface area contributed by atoms with Gasteiger partial charge in [-0.05, 0) is 60.9 Å². The quantitative estimate of drug-likeness (QED) is 0.143. The number of alkyl halides is 6. The number of benzene rings is 3. The molecule has 12 heteroatoms. The summed E-state index contributed by atoms with van der Waals surface area (Å²) in [5.41, 5.74) is -2.04. The molecule has 1 N–H and O–H groups in total. The van der Waals surface area contributed by atoms with E-state index in [-0.39, 0.29) is 16.5 Å². The van der Waals surface area contributed by atoms with Gasteiger partial charge in [-0.2, -0.15) is 34.8 Å². The van der Waals surface area contributed by atoms with E-state index in [0.717, 1.165) is 5.56 Å². The first-order valence-electron chi connectivity index (χ1n) is 12.3. The molecule has 0 spiro atoms. The van der Waals surface area contributed by atoms with Crippen molar-refractivity contribution in [3.05, 3.63) is 113 Å². The Morgan fingerprint density at radius 1 is 0.878 bits per heavy atom. The Kier molecular flexibility index (Phi) is 10.1. The van der Waals surface area contributed by atoms with Gasteiger partial charge in [0.25, 0.3) is 10.1 Å². The number of rotatable bonds is 11. The highest BCUT2D eigenvalue weighted by molar-refractivity contribution is 7.86. The van der Waals surface area contributed by atoms with E-state index >= 15 is 0 Å². The minimum absolute atomic E-state index is 0.00530. The first kappa shape index (κ1) is 32.3. The Hall–Kier alpha value is -3.19. The average molecular weight is 603 g/mol. The van der Waals surface area contributed by atoms with Crippen LogP contribution in [0.2, 0.25) is 0 Å². The zero-order valence-corrected chi connectivity index (χ0v) is 22.9. The summed E-state index contributed by atoms with van der Waals surface area (Å²) in [7, 11) is -4.34. The van der Waals surface area contributed by atoms with Gasteiger partial charge in [0.1, 0.15) is 0 Å². The van der Waals surface area contributed by atoms with Gasteiger partial charge in [0.2, 0.25) is 0 Å². The Labute approximate surface area is 234 Å². The van der Waals surface area contributed by atoms with E-state index in [9.17, 15) is 39.9 Å². The third-order valence-corrected chi connectivity index (χ3v) is 7.62. The van der Waals surface area contributed by atoms with Gasteiger partial charge in [-0.25, -0.2) is 0 Å². The maximum atomic E-state index is 13.5. The maximum Gasteiger partial charge on any atom is 0.416 e. The molecule has 3 atom stereocenters. The Morgan fingerprint density at radius 3 is 1.90 bits per heavy atom. The predicted molar refractivity (Wildman–Crippen MR) is 139 cm³/mol. The summed E-state index contributed by atoms with van der Waals surface area (Å²) < 4.78 is 118. The molecule has 3 rings (SSSR count). The molecule has 0 bridgehead atoms. The molecule has 41 heavy (non-hydrogen) atoms. The molecule has 0 amide bonds. The molecule has 222 valence electrons. The summed E-state index contributed by atoms with van der Waals surface area (Å²) in [5, 5.41) is 9.89. The van der Waals surface area contributed by atoms with Crippen LogP contribution < -0.4 is 0 Å². The Bertz CT molecular complexity index is 1400. The molecule has 0 saturated carbocycles. The van der Waals surface area contributed by atoms with Gasteiger partial charge in [0, 0.05) is 5.92 Å². The predicted octanol–water partition coefficient (Wildman–Crippen LogP) is 7.22. The van der Waals surface area contributed by atoms with E-state index in [1.54, 1.807) is 49.4 Å². The number of hydrogen-bond donors (Lipinski definition) is 1. The van der Waals surface area contributed by atoms with Crippen molar-refractivity contribution in [3.8, 4) is 0 Å². The van der Waals surface area contributed by atoms with E-state index in [2.05, 4.69) is 6.58 Å². The van der Waals surface area contributed by atoms with Crippen LogP contribution in [0.3, 0.4) is 0 Å². The van der Waals surface area contributed by atoms with Crippen molar-refractivity contribution in [2.24, 2.45) is 0 Å². The third kappa shape index (κ3) is 8.41. The zero-order chi connectivity index (χ0) is 30.6. The second-order valence-electron chi connectivity index (χ2n) is 9.41. The van der Waals surface area contributed by atoms with Crippen LogP contribution >= 0.6 is 0 Å². The van der Waals surface area contributed by atoms with Crippen molar-refractivity contribution in [2.45, 2.75) is 49.2 Å². The van der Waals surface area contributed by atoms with Crippen LogP contribution in [0, 0.1) is 6.92 Å². The first-order chi connectivity index (χ1) is 19.0. The van der Waals surface area contributed by atoms with Gasteiger partial charge in [-0.3, -0.25) is 4.18 Å². The van der Waals surface area contributed by atoms with Crippen molar-refractivity contribution >= 4 is 10.1 Å². The molecule has 0 heterocycles. The first-order valence-corrected chi connectivity index (χ1v) is 13.7. The number of aliphatic hydroxyl groups is 1. The molecule has 0 unspecified atom stereocenters. The fourth-order valence-corrected chi connectivity index (χ4v) is 5.09. The van der Waals surface area contributed by atoms with Crippen LogP contribution in [0.4, 0.5) is 26.3 Å². The van der Waals surface area contributed by atoms with Crippen LogP contribution in [0.25, 0.3) is 0 Å². The van der Waals surface area contributed by atoms with Gasteiger partial charge < -0.3 is 9.84 Å². The topological polar surface area (TPSA) is 72.8 Å². The highest BCUT2D eigenvalue weighted by Crippen LogP contribution is 2.39. The second kappa shape index (κ2) is 12.8.